The highest BCUT2D eigenvalue weighted by molar-refractivity contribution is 9.10. The van der Waals surface area contributed by atoms with Gasteiger partial charge in [-0.1, -0.05) is 11.6 Å². The average molecular weight is 367 g/mol. The van der Waals surface area contributed by atoms with Crippen LogP contribution in [0.25, 0.3) is 5.69 Å². The van der Waals surface area contributed by atoms with Gasteiger partial charge >= 0.3 is 6.36 Å². The van der Waals surface area contributed by atoms with Gasteiger partial charge in [-0.15, -0.1) is 13.2 Å². The lowest BCUT2D eigenvalue weighted by Gasteiger charge is -2.11. The molecule has 0 saturated heterocycles. The van der Waals surface area contributed by atoms with Crippen LogP contribution < -0.4 is 4.74 Å². The van der Waals surface area contributed by atoms with Gasteiger partial charge in [0.2, 0.25) is 0 Å². The fraction of sp³-hybridized carbons (Fsp3) is 0.0909. The highest BCUT2D eigenvalue weighted by atomic mass is 79.9. The van der Waals surface area contributed by atoms with E-state index in [2.05, 4.69) is 25.8 Å². The molecule has 0 amide bonds. The van der Waals surface area contributed by atoms with Crippen LogP contribution in [0.4, 0.5) is 13.2 Å². The van der Waals surface area contributed by atoms with Gasteiger partial charge in [0, 0.05) is 6.07 Å². The monoisotopic (exact) mass is 365 g/mol. The van der Waals surface area contributed by atoms with E-state index < -0.39 is 12.1 Å². The van der Waals surface area contributed by atoms with Crippen LogP contribution in [0.2, 0.25) is 5.02 Å². The topological polar surface area (TPSA) is 50.8 Å². The first-order valence-electron chi connectivity index (χ1n) is 5.01. The Morgan fingerprint density at radius 2 is 2.10 bits per heavy atom. The molecule has 0 bridgehead atoms. The minimum absolute atomic E-state index is 0.0000368. The first-order valence-corrected chi connectivity index (χ1v) is 6.18. The van der Waals surface area contributed by atoms with Gasteiger partial charge in [0.25, 0.3) is 0 Å². The smallest absolute Gasteiger partial charge is 0.406 e. The summed E-state index contributed by atoms with van der Waals surface area (Å²) in [5.41, 5.74) is 0.589. The van der Waals surface area contributed by atoms with Crippen molar-refractivity contribution in [3.8, 4) is 17.5 Å². The third-order valence-electron chi connectivity index (χ3n) is 2.21. The van der Waals surface area contributed by atoms with E-state index in [-0.39, 0.29) is 10.6 Å². The van der Waals surface area contributed by atoms with Gasteiger partial charge in [-0.05, 0) is 28.1 Å². The SMILES string of the molecule is N#Cc1cnn(-c2ccc(OC(F)(F)F)cc2Cl)c1Br. The van der Waals surface area contributed by atoms with Crippen molar-refractivity contribution in [2.45, 2.75) is 6.36 Å². The zero-order chi connectivity index (χ0) is 14.9. The van der Waals surface area contributed by atoms with Crippen molar-refractivity contribution in [2.75, 3.05) is 0 Å². The van der Waals surface area contributed by atoms with Gasteiger partial charge in [-0.2, -0.15) is 10.4 Å². The zero-order valence-electron chi connectivity index (χ0n) is 9.45. The molecule has 104 valence electrons. The average Bonchev–Trinajstić information content (AvgIpc) is 2.69. The summed E-state index contributed by atoms with van der Waals surface area (Å²) in [7, 11) is 0. The van der Waals surface area contributed by atoms with Gasteiger partial charge in [0.05, 0.1) is 16.9 Å². The number of halogens is 5. The lowest BCUT2D eigenvalue weighted by molar-refractivity contribution is -0.274. The first kappa shape index (κ1) is 14.7. The number of alkyl halides is 3. The fourth-order valence-electron chi connectivity index (χ4n) is 1.43. The summed E-state index contributed by atoms with van der Waals surface area (Å²) in [5.74, 6) is -0.435. The molecule has 0 saturated carbocycles. The fourth-order valence-corrected chi connectivity index (χ4v) is 2.16. The predicted molar refractivity (Wildman–Crippen MR) is 67.7 cm³/mol. The van der Waals surface area contributed by atoms with Crippen LogP contribution in [0, 0.1) is 11.3 Å². The Kier molecular flexibility index (Phi) is 3.92. The summed E-state index contributed by atoms with van der Waals surface area (Å²) in [6, 6.07) is 5.33. The first-order chi connectivity index (χ1) is 9.31. The van der Waals surface area contributed by atoms with Crippen LogP contribution in [0.3, 0.4) is 0 Å². The second-order valence-corrected chi connectivity index (χ2v) is 4.69. The van der Waals surface area contributed by atoms with E-state index in [0.29, 0.717) is 10.3 Å². The molecule has 0 aliphatic rings. The van der Waals surface area contributed by atoms with Crippen LogP contribution >= 0.6 is 27.5 Å². The van der Waals surface area contributed by atoms with Gasteiger partial charge in [-0.3, -0.25) is 0 Å². The summed E-state index contributed by atoms with van der Waals surface area (Å²) < 4.78 is 41.6. The largest absolute Gasteiger partial charge is 0.573 e. The normalized spacial score (nSPS) is 11.2. The molecule has 20 heavy (non-hydrogen) atoms. The van der Waals surface area contributed by atoms with Gasteiger partial charge in [-0.25, -0.2) is 4.68 Å². The van der Waals surface area contributed by atoms with Crippen molar-refractivity contribution in [1.29, 1.82) is 5.26 Å². The lowest BCUT2D eigenvalue weighted by Crippen LogP contribution is -2.17. The molecular weight excluding hydrogens is 362 g/mol. The van der Waals surface area contributed by atoms with Gasteiger partial charge in [0.1, 0.15) is 22.0 Å². The molecule has 1 aromatic carbocycles. The Bertz CT molecular complexity index is 693. The van der Waals surface area contributed by atoms with E-state index in [0.717, 1.165) is 12.1 Å². The molecule has 0 spiro atoms. The molecule has 0 aliphatic carbocycles. The Morgan fingerprint density at radius 1 is 1.40 bits per heavy atom. The van der Waals surface area contributed by atoms with Gasteiger partial charge in [0.15, 0.2) is 0 Å². The van der Waals surface area contributed by atoms with Crippen molar-refractivity contribution in [3.63, 3.8) is 0 Å². The molecule has 2 rings (SSSR count). The van der Waals surface area contributed by atoms with E-state index in [9.17, 15) is 13.2 Å². The van der Waals surface area contributed by atoms with E-state index in [1.165, 1.54) is 16.9 Å². The third kappa shape index (κ3) is 3.05. The zero-order valence-corrected chi connectivity index (χ0v) is 11.8. The number of hydrogen-bond donors (Lipinski definition) is 0. The Hall–Kier alpha value is -1.72. The standard InChI is InChI=1S/C11H4BrClF3N3O/c12-10-6(4-17)5-18-19(10)9-2-1-7(3-8(9)13)20-11(14,15)16/h1-3,5H. The molecule has 2 aromatic rings. The molecule has 1 heterocycles. The predicted octanol–water partition coefficient (Wildman–Crippen LogP) is 4.06. The molecule has 0 aliphatic heterocycles. The van der Waals surface area contributed by atoms with Crippen molar-refractivity contribution in [3.05, 3.63) is 39.6 Å². The van der Waals surface area contributed by atoms with Crippen LogP contribution in [0.15, 0.2) is 29.0 Å². The minimum atomic E-state index is -4.79. The van der Waals surface area contributed by atoms with E-state index in [1.807, 2.05) is 6.07 Å². The van der Waals surface area contributed by atoms with Crippen molar-refractivity contribution >= 4 is 27.5 Å². The molecular formula is C11H4BrClF3N3O. The second-order valence-electron chi connectivity index (χ2n) is 3.53. The molecule has 4 nitrogen and oxygen atoms in total. The van der Waals surface area contributed by atoms with Crippen LogP contribution in [0.1, 0.15) is 5.56 Å². The Labute approximate surface area is 124 Å². The number of ether oxygens (including phenoxy) is 1. The number of benzene rings is 1. The number of nitrogens with zero attached hydrogens (tertiary/aromatic N) is 3. The maximum absolute atomic E-state index is 12.1. The number of hydrogen-bond acceptors (Lipinski definition) is 3. The molecule has 0 atom stereocenters. The van der Waals surface area contributed by atoms with E-state index in [1.54, 1.807) is 0 Å². The van der Waals surface area contributed by atoms with Crippen molar-refractivity contribution in [2.24, 2.45) is 0 Å². The van der Waals surface area contributed by atoms with Crippen LogP contribution in [-0.2, 0) is 0 Å². The third-order valence-corrected chi connectivity index (χ3v) is 3.28. The molecule has 1 aromatic heterocycles. The number of rotatable bonds is 2. The highest BCUT2D eigenvalue weighted by Crippen LogP contribution is 2.31. The van der Waals surface area contributed by atoms with Crippen molar-refractivity contribution in [1.82, 2.24) is 9.78 Å². The summed E-state index contributed by atoms with van der Waals surface area (Å²) in [6.45, 7) is 0. The summed E-state index contributed by atoms with van der Waals surface area (Å²) in [4.78, 5) is 0. The maximum Gasteiger partial charge on any atom is 0.573 e. The van der Waals surface area contributed by atoms with Crippen LogP contribution in [0.5, 0.6) is 5.75 Å². The summed E-state index contributed by atoms with van der Waals surface area (Å²) >= 11 is 9.06. The van der Waals surface area contributed by atoms with Crippen LogP contribution in [-0.4, -0.2) is 16.1 Å². The molecule has 0 unspecified atom stereocenters. The number of aromatic nitrogens is 2. The molecule has 0 fully saturated rings. The lowest BCUT2D eigenvalue weighted by atomic mass is 10.3. The van der Waals surface area contributed by atoms with Crippen molar-refractivity contribution < 1.29 is 17.9 Å². The van der Waals surface area contributed by atoms with Gasteiger partial charge < -0.3 is 4.74 Å². The molecule has 9 heteroatoms. The maximum atomic E-state index is 12.1. The summed E-state index contributed by atoms with van der Waals surface area (Å²) in [5, 5.41) is 12.7. The second kappa shape index (κ2) is 5.34. The molecule has 0 N–H and O–H groups in total. The highest BCUT2D eigenvalue weighted by Gasteiger charge is 2.31. The van der Waals surface area contributed by atoms with E-state index in [4.69, 9.17) is 16.9 Å². The Morgan fingerprint density at radius 3 is 2.60 bits per heavy atom. The summed E-state index contributed by atoms with van der Waals surface area (Å²) in [6.07, 6.45) is -3.48. The quantitative estimate of drug-likeness (QED) is 0.805. The minimum Gasteiger partial charge on any atom is -0.406 e. The number of nitriles is 1. The Balaban J connectivity index is 2.40. The molecule has 0 radical (unpaired) electrons. The van der Waals surface area contributed by atoms with E-state index >= 15 is 0 Å².